The predicted octanol–water partition coefficient (Wildman–Crippen LogP) is 6.40. The van der Waals surface area contributed by atoms with E-state index in [2.05, 4.69) is 5.32 Å². The average Bonchev–Trinajstić information content (AvgIpc) is 2.81. The first kappa shape index (κ1) is 25.9. The van der Waals surface area contributed by atoms with Gasteiger partial charge in [0.25, 0.3) is 0 Å². The van der Waals surface area contributed by atoms with Gasteiger partial charge in [-0.05, 0) is 55.5 Å². The van der Waals surface area contributed by atoms with Gasteiger partial charge in [0, 0.05) is 18.3 Å². The van der Waals surface area contributed by atoms with Crippen molar-refractivity contribution in [2.75, 3.05) is 5.75 Å². The molecule has 0 aliphatic heterocycles. The van der Waals surface area contributed by atoms with Crippen molar-refractivity contribution >= 4 is 46.8 Å². The van der Waals surface area contributed by atoms with E-state index >= 15 is 0 Å². The number of halogens is 2. The molecule has 33 heavy (non-hydrogen) atoms. The van der Waals surface area contributed by atoms with Crippen LogP contribution in [0.5, 0.6) is 0 Å². The summed E-state index contributed by atoms with van der Waals surface area (Å²) < 4.78 is 0. The molecular weight excluding hydrogens is 475 g/mol. The van der Waals surface area contributed by atoms with Crippen molar-refractivity contribution in [3.63, 3.8) is 0 Å². The van der Waals surface area contributed by atoms with Crippen LogP contribution in [0.25, 0.3) is 0 Å². The van der Waals surface area contributed by atoms with E-state index in [4.69, 9.17) is 23.2 Å². The van der Waals surface area contributed by atoms with Crippen LogP contribution in [0.1, 0.15) is 55.7 Å². The number of nitrogens with one attached hydrogen (secondary N) is 1. The standard InChI is InChI=1S/C26H32Cl2N2O2S/c1-18-8-6-7-9-21(18)15-30(19(2)26(32)29-22-10-4-3-5-11-22)25(31)17-33-16-20-12-13-23(27)24(28)14-20/h6-9,12-14,19,22H,3-5,10-11,15-17H2,1-2H3,(H,29,32)/t19-/m1/s1. The zero-order chi connectivity index (χ0) is 23.8. The summed E-state index contributed by atoms with van der Waals surface area (Å²) in [7, 11) is 0. The number of hydrogen-bond acceptors (Lipinski definition) is 3. The summed E-state index contributed by atoms with van der Waals surface area (Å²) in [6.07, 6.45) is 5.57. The Morgan fingerprint density at radius 2 is 1.82 bits per heavy atom. The first-order valence-corrected chi connectivity index (χ1v) is 13.4. The fourth-order valence-corrected chi connectivity index (χ4v) is 5.27. The van der Waals surface area contributed by atoms with E-state index in [1.807, 2.05) is 50.2 Å². The number of carbonyl (C=O) groups excluding carboxylic acids is 2. The number of thioether (sulfide) groups is 1. The summed E-state index contributed by atoms with van der Waals surface area (Å²) >= 11 is 13.6. The molecule has 7 heteroatoms. The molecule has 0 spiro atoms. The highest BCUT2D eigenvalue weighted by Crippen LogP contribution is 2.25. The number of nitrogens with zero attached hydrogens (tertiary/aromatic N) is 1. The average molecular weight is 508 g/mol. The summed E-state index contributed by atoms with van der Waals surface area (Å²) in [5.74, 6) is 0.810. The molecule has 1 saturated carbocycles. The van der Waals surface area contributed by atoms with E-state index in [1.165, 1.54) is 18.2 Å². The van der Waals surface area contributed by atoms with Crippen molar-refractivity contribution in [1.82, 2.24) is 10.2 Å². The molecule has 1 fully saturated rings. The third-order valence-corrected chi connectivity index (χ3v) is 7.93. The monoisotopic (exact) mass is 506 g/mol. The van der Waals surface area contributed by atoms with E-state index in [0.29, 0.717) is 22.3 Å². The molecule has 3 rings (SSSR count). The minimum atomic E-state index is -0.537. The van der Waals surface area contributed by atoms with E-state index < -0.39 is 6.04 Å². The van der Waals surface area contributed by atoms with Gasteiger partial charge < -0.3 is 10.2 Å². The van der Waals surface area contributed by atoms with Crippen LogP contribution in [0.4, 0.5) is 0 Å². The molecule has 1 N–H and O–H groups in total. The Balaban J connectivity index is 1.66. The maximum Gasteiger partial charge on any atom is 0.242 e. The van der Waals surface area contributed by atoms with E-state index in [-0.39, 0.29) is 23.6 Å². The van der Waals surface area contributed by atoms with E-state index in [0.717, 1.165) is 42.4 Å². The van der Waals surface area contributed by atoms with Crippen LogP contribution in [0.3, 0.4) is 0 Å². The molecule has 2 amide bonds. The Morgan fingerprint density at radius 1 is 1.09 bits per heavy atom. The lowest BCUT2D eigenvalue weighted by Gasteiger charge is -2.31. The van der Waals surface area contributed by atoms with Crippen LogP contribution >= 0.6 is 35.0 Å². The molecule has 0 radical (unpaired) electrons. The number of benzene rings is 2. The summed E-state index contributed by atoms with van der Waals surface area (Å²) in [6, 6.07) is 13.2. The van der Waals surface area contributed by atoms with Crippen molar-refractivity contribution in [1.29, 1.82) is 0 Å². The molecule has 0 unspecified atom stereocenters. The molecule has 1 aliphatic carbocycles. The molecule has 4 nitrogen and oxygen atoms in total. The highest BCUT2D eigenvalue weighted by molar-refractivity contribution is 7.99. The fourth-order valence-electron chi connectivity index (χ4n) is 4.09. The Hall–Kier alpha value is -1.69. The third kappa shape index (κ3) is 7.66. The van der Waals surface area contributed by atoms with Gasteiger partial charge in [0.15, 0.2) is 0 Å². The van der Waals surface area contributed by atoms with Gasteiger partial charge in [-0.15, -0.1) is 11.8 Å². The summed E-state index contributed by atoms with van der Waals surface area (Å²) in [5, 5.41) is 4.21. The van der Waals surface area contributed by atoms with Crippen molar-refractivity contribution in [2.45, 2.75) is 70.3 Å². The van der Waals surface area contributed by atoms with Gasteiger partial charge in [-0.25, -0.2) is 0 Å². The van der Waals surface area contributed by atoms with Gasteiger partial charge in [0.1, 0.15) is 6.04 Å². The quantitative estimate of drug-likeness (QED) is 0.427. The van der Waals surface area contributed by atoms with Crippen molar-refractivity contribution in [3.05, 3.63) is 69.2 Å². The minimum absolute atomic E-state index is 0.0467. The number of carbonyl (C=O) groups is 2. The zero-order valence-corrected chi connectivity index (χ0v) is 21.6. The van der Waals surface area contributed by atoms with Crippen LogP contribution in [-0.4, -0.2) is 34.6 Å². The number of rotatable bonds is 9. The van der Waals surface area contributed by atoms with Gasteiger partial charge in [-0.2, -0.15) is 0 Å². The van der Waals surface area contributed by atoms with Crippen LogP contribution in [-0.2, 0) is 21.9 Å². The maximum atomic E-state index is 13.3. The second-order valence-corrected chi connectivity index (χ2v) is 10.5. The zero-order valence-electron chi connectivity index (χ0n) is 19.3. The second-order valence-electron chi connectivity index (χ2n) is 8.71. The lowest BCUT2D eigenvalue weighted by molar-refractivity contribution is -0.139. The van der Waals surface area contributed by atoms with Gasteiger partial charge in [-0.3, -0.25) is 9.59 Å². The highest BCUT2D eigenvalue weighted by atomic mass is 35.5. The highest BCUT2D eigenvalue weighted by Gasteiger charge is 2.28. The topological polar surface area (TPSA) is 49.4 Å². The number of aryl methyl sites for hydroxylation is 1. The Labute approximate surface area is 211 Å². The second kappa shape index (κ2) is 12.7. The summed E-state index contributed by atoms with van der Waals surface area (Å²) in [4.78, 5) is 28.1. The van der Waals surface area contributed by atoms with Gasteiger partial charge in [0.05, 0.1) is 15.8 Å². The van der Waals surface area contributed by atoms with Crippen LogP contribution in [0.15, 0.2) is 42.5 Å². The van der Waals surface area contributed by atoms with Gasteiger partial charge in [0.2, 0.25) is 11.8 Å². The van der Waals surface area contributed by atoms with Gasteiger partial charge >= 0.3 is 0 Å². The Morgan fingerprint density at radius 3 is 2.52 bits per heavy atom. The predicted molar refractivity (Wildman–Crippen MR) is 139 cm³/mol. The smallest absolute Gasteiger partial charge is 0.242 e. The molecule has 0 heterocycles. The lowest BCUT2D eigenvalue weighted by Crippen LogP contribution is -2.50. The molecule has 1 atom stereocenters. The van der Waals surface area contributed by atoms with Crippen LogP contribution in [0.2, 0.25) is 10.0 Å². The van der Waals surface area contributed by atoms with E-state index in [1.54, 1.807) is 11.0 Å². The van der Waals surface area contributed by atoms with Crippen molar-refractivity contribution in [2.24, 2.45) is 0 Å². The maximum absolute atomic E-state index is 13.3. The Kier molecular flexibility index (Phi) is 9.96. The third-order valence-electron chi connectivity index (χ3n) is 6.20. The first-order chi connectivity index (χ1) is 15.8. The van der Waals surface area contributed by atoms with Crippen LogP contribution in [0, 0.1) is 6.92 Å². The summed E-state index contributed by atoms with van der Waals surface area (Å²) in [5.41, 5.74) is 3.17. The molecular formula is C26H32Cl2N2O2S. The fraction of sp³-hybridized carbons (Fsp3) is 0.462. The molecule has 0 aromatic heterocycles. The largest absolute Gasteiger partial charge is 0.352 e. The molecule has 1 aliphatic rings. The SMILES string of the molecule is Cc1ccccc1CN(C(=O)CSCc1ccc(Cl)c(Cl)c1)[C@H](C)C(=O)NC1CCCCC1. The molecule has 0 saturated heterocycles. The molecule has 178 valence electrons. The Bertz CT molecular complexity index is 963. The van der Waals surface area contributed by atoms with E-state index in [9.17, 15) is 9.59 Å². The minimum Gasteiger partial charge on any atom is -0.352 e. The molecule has 0 bridgehead atoms. The summed E-state index contributed by atoms with van der Waals surface area (Å²) in [6.45, 7) is 4.28. The van der Waals surface area contributed by atoms with Crippen molar-refractivity contribution in [3.8, 4) is 0 Å². The first-order valence-electron chi connectivity index (χ1n) is 11.5. The number of hydrogen-bond donors (Lipinski definition) is 1. The van der Waals surface area contributed by atoms with Crippen LogP contribution < -0.4 is 5.32 Å². The van der Waals surface area contributed by atoms with Crippen molar-refractivity contribution < 1.29 is 9.59 Å². The lowest BCUT2D eigenvalue weighted by atomic mass is 9.95. The normalized spacial score (nSPS) is 15.2. The van der Waals surface area contributed by atoms with Gasteiger partial charge in [-0.1, -0.05) is 72.8 Å². The molecule has 2 aromatic rings. The molecule has 2 aromatic carbocycles. The number of amides is 2.